The van der Waals surface area contributed by atoms with Gasteiger partial charge in [-0.1, -0.05) is 41.4 Å². The number of imide groups is 1. The minimum atomic E-state index is -0.412. The second kappa shape index (κ2) is 8.30. The van der Waals surface area contributed by atoms with E-state index in [-0.39, 0.29) is 18.1 Å². The highest BCUT2D eigenvalue weighted by Crippen LogP contribution is 2.33. The van der Waals surface area contributed by atoms with Crippen molar-refractivity contribution >= 4 is 46.3 Å². The molecule has 1 N–H and O–H groups in total. The predicted octanol–water partition coefficient (Wildman–Crippen LogP) is 5.09. The lowest BCUT2D eigenvalue weighted by molar-refractivity contribution is -0.137. The van der Waals surface area contributed by atoms with Crippen LogP contribution in [0.15, 0.2) is 72.6 Å². The zero-order valence-electron chi connectivity index (χ0n) is 16.0. The van der Waals surface area contributed by atoms with Gasteiger partial charge in [-0.15, -0.1) is 0 Å². The van der Waals surface area contributed by atoms with Crippen molar-refractivity contribution in [1.29, 1.82) is 0 Å². The highest BCUT2D eigenvalue weighted by atomic mass is 35.5. The highest BCUT2D eigenvalue weighted by molar-refractivity contribution is 6.37. The van der Waals surface area contributed by atoms with Gasteiger partial charge in [0, 0.05) is 21.9 Å². The molecule has 0 bridgehead atoms. The number of anilines is 1. The van der Waals surface area contributed by atoms with E-state index in [0.717, 1.165) is 5.56 Å². The second-order valence-corrected chi connectivity index (χ2v) is 7.73. The summed E-state index contributed by atoms with van der Waals surface area (Å²) in [6, 6.07) is 17.5. The highest BCUT2D eigenvalue weighted by Gasteiger charge is 2.39. The van der Waals surface area contributed by atoms with E-state index in [9.17, 15) is 9.59 Å². The normalized spacial score (nSPS) is 13.9. The van der Waals surface area contributed by atoms with Gasteiger partial charge in [0.1, 0.15) is 5.70 Å². The molecule has 4 rings (SSSR count). The molecule has 5 nitrogen and oxygen atoms in total. The first kappa shape index (κ1) is 20.1. The number of rotatable bonds is 5. The Morgan fingerprint density at radius 3 is 2.33 bits per heavy atom. The molecule has 2 heterocycles. The Morgan fingerprint density at radius 1 is 0.933 bits per heavy atom. The first-order valence-electron chi connectivity index (χ1n) is 9.23. The monoisotopic (exact) mass is 437 g/mol. The molecule has 0 aliphatic carbocycles. The van der Waals surface area contributed by atoms with Crippen molar-refractivity contribution in [3.63, 3.8) is 0 Å². The number of hydrogen-bond acceptors (Lipinski definition) is 4. The van der Waals surface area contributed by atoms with E-state index < -0.39 is 5.91 Å². The maximum atomic E-state index is 13.3. The third-order valence-electron chi connectivity index (χ3n) is 4.80. The summed E-state index contributed by atoms with van der Waals surface area (Å²) < 4.78 is 0. The van der Waals surface area contributed by atoms with Crippen LogP contribution in [0.3, 0.4) is 0 Å². The minimum Gasteiger partial charge on any atom is -0.350 e. The zero-order valence-corrected chi connectivity index (χ0v) is 17.5. The Kier molecular flexibility index (Phi) is 5.57. The van der Waals surface area contributed by atoms with Gasteiger partial charge in [-0.05, 0) is 60.5 Å². The summed E-state index contributed by atoms with van der Waals surface area (Å²) in [6.07, 6.45) is 1.63. The summed E-state index contributed by atoms with van der Waals surface area (Å²) >= 11 is 12.1. The minimum absolute atomic E-state index is 0.0837. The fraction of sp³-hybridized carbons (Fsp3) is 0.0870. The maximum absolute atomic E-state index is 13.3. The number of aryl methyl sites for hydroxylation is 1. The standard InChI is InChI=1S/C23H17Cl2N3O2/c1-14-12-17(25)9-10-19(14)27-21-20(15-5-7-16(24)8-6-15)22(29)28(23(21)30)13-18-4-2-3-11-26-18/h2-12,27H,13H2,1H3. The second-order valence-electron chi connectivity index (χ2n) is 6.86. The van der Waals surface area contributed by atoms with Crippen molar-refractivity contribution < 1.29 is 9.59 Å². The van der Waals surface area contributed by atoms with Crippen LogP contribution in [-0.2, 0) is 16.1 Å². The number of carbonyl (C=O) groups excluding carboxylic acids is 2. The SMILES string of the molecule is Cc1cc(Cl)ccc1NC1=C(c2ccc(Cl)cc2)C(=O)N(Cc2ccccn2)C1=O. The number of halogens is 2. The van der Waals surface area contributed by atoms with Crippen LogP contribution >= 0.6 is 23.2 Å². The fourth-order valence-electron chi connectivity index (χ4n) is 3.28. The Balaban J connectivity index is 1.76. The average Bonchev–Trinajstić information content (AvgIpc) is 2.96. The third-order valence-corrected chi connectivity index (χ3v) is 5.28. The molecule has 2 amide bonds. The Hall–Kier alpha value is -3.15. The molecule has 1 aromatic heterocycles. The van der Waals surface area contributed by atoms with Crippen molar-refractivity contribution in [2.45, 2.75) is 13.5 Å². The van der Waals surface area contributed by atoms with E-state index in [0.29, 0.717) is 32.6 Å². The van der Waals surface area contributed by atoms with E-state index in [1.165, 1.54) is 4.90 Å². The van der Waals surface area contributed by atoms with E-state index in [4.69, 9.17) is 23.2 Å². The van der Waals surface area contributed by atoms with Crippen LogP contribution in [0, 0.1) is 6.92 Å². The lowest BCUT2D eigenvalue weighted by Crippen LogP contribution is -2.32. The lowest BCUT2D eigenvalue weighted by Gasteiger charge is -2.15. The summed E-state index contributed by atoms with van der Waals surface area (Å²) in [4.78, 5) is 32.0. The fourth-order valence-corrected chi connectivity index (χ4v) is 3.63. The van der Waals surface area contributed by atoms with Crippen molar-refractivity contribution in [2.24, 2.45) is 0 Å². The molecule has 7 heteroatoms. The summed E-state index contributed by atoms with van der Waals surface area (Å²) in [5.74, 6) is -0.799. The van der Waals surface area contributed by atoms with Gasteiger partial charge in [0.05, 0.1) is 17.8 Å². The number of aromatic nitrogens is 1. The van der Waals surface area contributed by atoms with Gasteiger partial charge in [-0.25, -0.2) is 0 Å². The van der Waals surface area contributed by atoms with E-state index in [2.05, 4.69) is 10.3 Å². The van der Waals surface area contributed by atoms with E-state index in [1.54, 1.807) is 60.8 Å². The Labute approximate surface area is 183 Å². The van der Waals surface area contributed by atoms with Crippen molar-refractivity contribution in [3.8, 4) is 0 Å². The number of amides is 2. The molecule has 0 atom stereocenters. The van der Waals surface area contributed by atoms with Crippen LogP contribution < -0.4 is 5.32 Å². The average molecular weight is 438 g/mol. The molecule has 2 aromatic carbocycles. The van der Waals surface area contributed by atoms with Gasteiger partial charge in [0.2, 0.25) is 0 Å². The largest absolute Gasteiger partial charge is 0.350 e. The summed E-state index contributed by atoms with van der Waals surface area (Å²) in [6.45, 7) is 1.96. The van der Waals surface area contributed by atoms with Crippen LogP contribution in [-0.4, -0.2) is 21.7 Å². The van der Waals surface area contributed by atoms with Gasteiger partial charge >= 0.3 is 0 Å². The maximum Gasteiger partial charge on any atom is 0.278 e. The van der Waals surface area contributed by atoms with Crippen molar-refractivity contribution in [1.82, 2.24) is 9.88 Å². The summed E-state index contributed by atoms with van der Waals surface area (Å²) in [5, 5.41) is 4.29. The Bertz CT molecular complexity index is 1160. The molecule has 0 radical (unpaired) electrons. The molecular weight excluding hydrogens is 421 g/mol. The van der Waals surface area contributed by atoms with E-state index in [1.807, 2.05) is 13.0 Å². The third kappa shape index (κ3) is 3.95. The number of benzene rings is 2. The van der Waals surface area contributed by atoms with Gasteiger partial charge in [-0.3, -0.25) is 19.5 Å². The van der Waals surface area contributed by atoms with Gasteiger partial charge in [0.15, 0.2) is 0 Å². The molecule has 1 aliphatic rings. The van der Waals surface area contributed by atoms with E-state index >= 15 is 0 Å². The van der Waals surface area contributed by atoms with Gasteiger partial charge < -0.3 is 5.32 Å². The molecule has 30 heavy (non-hydrogen) atoms. The molecule has 0 fully saturated rings. The number of nitrogens with zero attached hydrogens (tertiary/aromatic N) is 2. The Morgan fingerprint density at radius 2 is 1.67 bits per heavy atom. The molecule has 0 saturated carbocycles. The van der Waals surface area contributed by atoms with Crippen LogP contribution in [0.4, 0.5) is 5.69 Å². The van der Waals surface area contributed by atoms with Crippen LogP contribution in [0.2, 0.25) is 10.0 Å². The molecule has 150 valence electrons. The first-order valence-corrected chi connectivity index (χ1v) is 9.99. The number of carbonyl (C=O) groups is 2. The quantitative estimate of drug-likeness (QED) is 0.564. The summed E-state index contributed by atoms with van der Waals surface area (Å²) in [5.41, 5.74) is 3.29. The molecule has 0 saturated heterocycles. The topological polar surface area (TPSA) is 62.3 Å². The molecule has 3 aromatic rings. The molecule has 1 aliphatic heterocycles. The number of nitrogens with one attached hydrogen (secondary N) is 1. The number of hydrogen-bond donors (Lipinski definition) is 1. The molecule has 0 unspecified atom stereocenters. The first-order chi connectivity index (χ1) is 14.4. The van der Waals surface area contributed by atoms with Crippen molar-refractivity contribution in [3.05, 3.63) is 99.4 Å². The van der Waals surface area contributed by atoms with Gasteiger partial charge in [-0.2, -0.15) is 0 Å². The van der Waals surface area contributed by atoms with Crippen molar-refractivity contribution in [2.75, 3.05) is 5.32 Å². The smallest absolute Gasteiger partial charge is 0.278 e. The van der Waals surface area contributed by atoms with Crippen LogP contribution in [0.1, 0.15) is 16.8 Å². The molecular formula is C23H17Cl2N3O2. The molecule has 0 spiro atoms. The zero-order chi connectivity index (χ0) is 21.3. The summed E-state index contributed by atoms with van der Waals surface area (Å²) in [7, 11) is 0. The van der Waals surface area contributed by atoms with Crippen LogP contribution in [0.25, 0.3) is 5.57 Å². The van der Waals surface area contributed by atoms with Gasteiger partial charge in [0.25, 0.3) is 11.8 Å². The predicted molar refractivity (Wildman–Crippen MR) is 118 cm³/mol. The number of pyridine rings is 1. The lowest BCUT2D eigenvalue weighted by atomic mass is 10.0. The van der Waals surface area contributed by atoms with Crippen LogP contribution in [0.5, 0.6) is 0 Å².